The van der Waals surface area contributed by atoms with Crippen molar-refractivity contribution in [3.05, 3.63) is 72.1 Å². The van der Waals surface area contributed by atoms with Crippen LogP contribution >= 0.6 is 0 Å². The highest BCUT2D eigenvalue weighted by atomic mass is 16.4. The largest absolute Gasteiger partial charge is 0.415 e. The van der Waals surface area contributed by atoms with E-state index in [1.165, 1.54) is 0 Å². The Bertz CT molecular complexity index is 1300. The number of amides is 1. The quantitative estimate of drug-likeness (QED) is 0.451. The van der Waals surface area contributed by atoms with Crippen LogP contribution in [0.25, 0.3) is 34.3 Å². The van der Waals surface area contributed by atoms with Gasteiger partial charge in [-0.15, -0.1) is 10.2 Å². The first-order chi connectivity index (χ1) is 16.5. The molecule has 8 nitrogen and oxygen atoms in total. The third-order valence-corrected chi connectivity index (χ3v) is 6.21. The van der Waals surface area contributed by atoms with E-state index in [4.69, 9.17) is 9.40 Å². The lowest BCUT2D eigenvalue weighted by Gasteiger charge is -2.20. The van der Waals surface area contributed by atoms with E-state index in [1.807, 2.05) is 66.4 Å². The SMILES string of the molecule is Cc1ncc(-c2ccc(C(=O)N3CC[C@@H](N(C)C)C3)cc2)nc1-c1nnc(-c2ccccc2)o1. The zero-order valence-corrected chi connectivity index (χ0v) is 19.5. The Morgan fingerprint density at radius 3 is 2.44 bits per heavy atom. The summed E-state index contributed by atoms with van der Waals surface area (Å²) >= 11 is 0. The number of likely N-dealkylation sites (N-methyl/N-ethyl adjacent to an activating group) is 1. The van der Waals surface area contributed by atoms with Crippen LogP contribution in [0.4, 0.5) is 0 Å². The third kappa shape index (κ3) is 4.32. The monoisotopic (exact) mass is 454 g/mol. The maximum absolute atomic E-state index is 12.9. The minimum absolute atomic E-state index is 0.0610. The number of nitrogens with zero attached hydrogens (tertiary/aromatic N) is 6. The molecule has 1 amide bonds. The molecule has 0 bridgehead atoms. The highest BCUT2D eigenvalue weighted by Crippen LogP contribution is 2.27. The van der Waals surface area contributed by atoms with Crippen LogP contribution in [0.15, 0.2) is 65.2 Å². The predicted molar refractivity (Wildman–Crippen MR) is 129 cm³/mol. The first-order valence-corrected chi connectivity index (χ1v) is 11.3. The van der Waals surface area contributed by atoms with Crippen LogP contribution in [0.2, 0.25) is 0 Å². The van der Waals surface area contributed by atoms with E-state index in [1.54, 1.807) is 6.20 Å². The van der Waals surface area contributed by atoms with Crippen LogP contribution in [0.1, 0.15) is 22.5 Å². The molecule has 0 unspecified atom stereocenters. The van der Waals surface area contributed by atoms with Gasteiger partial charge < -0.3 is 14.2 Å². The lowest BCUT2D eigenvalue weighted by Crippen LogP contribution is -2.34. The molecule has 0 N–H and O–H groups in total. The van der Waals surface area contributed by atoms with Crippen molar-refractivity contribution in [1.82, 2.24) is 30.0 Å². The lowest BCUT2D eigenvalue weighted by molar-refractivity contribution is 0.0783. The highest BCUT2D eigenvalue weighted by Gasteiger charge is 2.28. The summed E-state index contributed by atoms with van der Waals surface area (Å²) in [5, 5.41) is 8.35. The molecule has 0 spiro atoms. The fourth-order valence-electron chi connectivity index (χ4n) is 4.12. The van der Waals surface area contributed by atoms with Crippen molar-refractivity contribution in [3.8, 4) is 34.3 Å². The topological polar surface area (TPSA) is 88.3 Å². The van der Waals surface area contributed by atoms with E-state index < -0.39 is 0 Å². The van der Waals surface area contributed by atoms with E-state index in [9.17, 15) is 4.79 Å². The van der Waals surface area contributed by atoms with E-state index in [2.05, 4.69) is 34.2 Å². The van der Waals surface area contributed by atoms with E-state index in [-0.39, 0.29) is 5.91 Å². The summed E-state index contributed by atoms with van der Waals surface area (Å²) in [6, 6.07) is 17.5. The van der Waals surface area contributed by atoms with Crippen LogP contribution in [0, 0.1) is 6.92 Å². The molecule has 1 aliphatic rings. The van der Waals surface area contributed by atoms with Crippen molar-refractivity contribution in [3.63, 3.8) is 0 Å². The Balaban J connectivity index is 1.37. The van der Waals surface area contributed by atoms with Crippen molar-refractivity contribution >= 4 is 5.91 Å². The minimum atomic E-state index is 0.0610. The van der Waals surface area contributed by atoms with Gasteiger partial charge in [0.2, 0.25) is 5.89 Å². The van der Waals surface area contributed by atoms with Gasteiger partial charge in [-0.3, -0.25) is 9.78 Å². The van der Waals surface area contributed by atoms with Gasteiger partial charge in [0.15, 0.2) is 0 Å². The molecule has 1 atom stereocenters. The second-order valence-corrected chi connectivity index (χ2v) is 8.70. The summed E-state index contributed by atoms with van der Waals surface area (Å²) < 4.78 is 5.88. The number of benzene rings is 2. The number of carbonyl (C=O) groups is 1. The maximum Gasteiger partial charge on any atom is 0.268 e. The predicted octanol–water partition coefficient (Wildman–Crippen LogP) is 3.95. The van der Waals surface area contributed by atoms with Crippen LogP contribution in [0.5, 0.6) is 0 Å². The molecule has 1 fully saturated rings. The Morgan fingerprint density at radius 1 is 1.00 bits per heavy atom. The van der Waals surface area contributed by atoms with E-state index in [0.717, 1.165) is 30.6 Å². The zero-order valence-electron chi connectivity index (χ0n) is 19.5. The smallest absolute Gasteiger partial charge is 0.268 e. The number of hydrogen-bond donors (Lipinski definition) is 0. The van der Waals surface area contributed by atoms with Crippen molar-refractivity contribution in [1.29, 1.82) is 0 Å². The van der Waals surface area contributed by atoms with Gasteiger partial charge in [-0.05, 0) is 51.7 Å². The molecule has 4 aromatic rings. The average Bonchev–Trinajstić information content (AvgIpc) is 3.55. The molecule has 2 aromatic carbocycles. The number of aryl methyl sites for hydroxylation is 1. The summed E-state index contributed by atoms with van der Waals surface area (Å²) in [5.41, 5.74) is 4.29. The standard InChI is InChI=1S/C26H26N6O2/c1-17-23(25-30-29-24(34-25)19-7-5-4-6-8-19)28-22(15-27-17)18-9-11-20(12-10-18)26(33)32-14-13-21(16-32)31(2)3/h4-12,15,21H,13-14,16H2,1-3H3/t21-/m1/s1. The Kier molecular flexibility index (Phi) is 5.90. The van der Waals surface area contributed by atoms with Crippen LogP contribution in [-0.4, -0.2) is 69.1 Å². The molecule has 5 rings (SSSR count). The Labute approximate surface area is 198 Å². The zero-order chi connectivity index (χ0) is 23.7. The summed E-state index contributed by atoms with van der Waals surface area (Å²) in [7, 11) is 4.11. The minimum Gasteiger partial charge on any atom is -0.415 e. The molecular weight excluding hydrogens is 428 g/mol. The van der Waals surface area contributed by atoms with Crippen LogP contribution < -0.4 is 0 Å². The molecule has 172 valence electrons. The normalized spacial score (nSPS) is 15.8. The first-order valence-electron chi connectivity index (χ1n) is 11.3. The number of rotatable bonds is 5. The van der Waals surface area contributed by atoms with Gasteiger partial charge >= 0.3 is 0 Å². The highest BCUT2D eigenvalue weighted by molar-refractivity contribution is 5.94. The second kappa shape index (κ2) is 9.15. The summed E-state index contributed by atoms with van der Waals surface area (Å²) in [6.45, 7) is 3.40. The van der Waals surface area contributed by atoms with Crippen molar-refractivity contribution in [2.24, 2.45) is 0 Å². The molecule has 34 heavy (non-hydrogen) atoms. The van der Waals surface area contributed by atoms with Crippen molar-refractivity contribution in [2.75, 3.05) is 27.2 Å². The second-order valence-electron chi connectivity index (χ2n) is 8.70. The molecular formula is C26H26N6O2. The molecule has 2 aromatic heterocycles. The number of likely N-dealkylation sites (tertiary alicyclic amines) is 1. The molecule has 0 radical (unpaired) electrons. The van der Waals surface area contributed by atoms with Crippen LogP contribution in [0.3, 0.4) is 0 Å². The number of aromatic nitrogens is 4. The van der Waals surface area contributed by atoms with E-state index >= 15 is 0 Å². The fourth-order valence-corrected chi connectivity index (χ4v) is 4.12. The van der Waals surface area contributed by atoms with Crippen molar-refractivity contribution in [2.45, 2.75) is 19.4 Å². The van der Waals surface area contributed by atoms with Gasteiger partial charge in [-0.1, -0.05) is 30.3 Å². The van der Waals surface area contributed by atoms with Gasteiger partial charge in [0.25, 0.3) is 11.8 Å². The molecule has 1 saturated heterocycles. The summed E-state index contributed by atoms with van der Waals surface area (Å²) in [5.74, 6) is 0.816. The van der Waals surface area contributed by atoms with Gasteiger partial charge in [0.05, 0.1) is 17.6 Å². The molecule has 8 heteroatoms. The molecule has 0 aliphatic carbocycles. The van der Waals surface area contributed by atoms with Gasteiger partial charge in [-0.2, -0.15) is 0 Å². The molecule has 3 heterocycles. The number of hydrogen-bond acceptors (Lipinski definition) is 7. The maximum atomic E-state index is 12.9. The summed E-state index contributed by atoms with van der Waals surface area (Å²) in [4.78, 5) is 26.2. The van der Waals surface area contributed by atoms with E-state index in [0.29, 0.717) is 40.5 Å². The van der Waals surface area contributed by atoms with Crippen LogP contribution in [-0.2, 0) is 0 Å². The summed E-state index contributed by atoms with van der Waals surface area (Å²) in [6.07, 6.45) is 2.71. The van der Waals surface area contributed by atoms with Gasteiger partial charge in [0.1, 0.15) is 5.69 Å². The molecule has 0 saturated carbocycles. The molecule has 1 aliphatic heterocycles. The third-order valence-electron chi connectivity index (χ3n) is 6.21. The Hall–Kier alpha value is -3.91. The fraction of sp³-hybridized carbons (Fsp3) is 0.269. The number of carbonyl (C=O) groups excluding carboxylic acids is 1. The average molecular weight is 455 g/mol. The lowest BCUT2D eigenvalue weighted by atomic mass is 10.1. The van der Waals surface area contributed by atoms with Crippen molar-refractivity contribution < 1.29 is 9.21 Å². The van der Waals surface area contributed by atoms with Gasteiger partial charge in [-0.25, -0.2) is 4.98 Å². The Morgan fingerprint density at radius 2 is 1.74 bits per heavy atom. The van der Waals surface area contributed by atoms with Gasteiger partial charge in [0, 0.05) is 35.8 Å². The first kappa shape index (κ1) is 21.9.